The molecule has 0 unspecified atom stereocenters. The molecule has 0 amide bonds. The van der Waals surface area contributed by atoms with Gasteiger partial charge in [0, 0.05) is 35.9 Å². The molecule has 1 aliphatic heterocycles. The number of aromatic nitrogens is 5. The summed E-state index contributed by atoms with van der Waals surface area (Å²) in [5.74, 6) is 0.851. The maximum atomic E-state index is 13.3. The van der Waals surface area contributed by atoms with Crippen LogP contribution in [0.5, 0.6) is 0 Å². The van der Waals surface area contributed by atoms with Crippen LogP contribution in [0.15, 0.2) is 94.2 Å². The maximum absolute atomic E-state index is 13.3. The molecule has 7 rings (SSSR count). The quantitative estimate of drug-likeness (QED) is 0.299. The third-order valence-corrected chi connectivity index (χ3v) is 9.93. The van der Waals surface area contributed by atoms with Crippen molar-refractivity contribution in [1.82, 2.24) is 24.5 Å². The fourth-order valence-electron chi connectivity index (χ4n) is 6.12. The van der Waals surface area contributed by atoms with Crippen molar-refractivity contribution in [3.8, 4) is 0 Å². The molecule has 1 atom stereocenters. The highest BCUT2D eigenvalue weighted by atomic mass is 35.5. The lowest BCUT2D eigenvalue weighted by molar-refractivity contribution is 0.186. The molecular weight excluding hydrogens is 554 g/mol. The highest BCUT2D eigenvalue weighted by Crippen LogP contribution is 2.50. The van der Waals surface area contributed by atoms with Crippen LogP contribution in [0.4, 0.5) is 5.82 Å². The van der Waals surface area contributed by atoms with Gasteiger partial charge in [-0.15, -0.1) is 0 Å². The molecule has 0 bridgehead atoms. The Kier molecular flexibility index (Phi) is 6.73. The van der Waals surface area contributed by atoms with Crippen molar-refractivity contribution in [2.75, 3.05) is 18.0 Å². The zero-order valence-corrected chi connectivity index (χ0v) is 23.9. The summed E-state index contributed by atoms with van der Waals surface area (Å²) in [6.45, 7) is 2.18. The third kappa shape index (κ3) is 4.77. The first kappa shape index (κ1) is 26.1. The predicted octanol–water partition coefficient (Wildman–Crippen LogP) is 5.28. The minimum atomic E-state index is -0.170. The van der Waals surface area contributed by atoms with Crippen LogP contribution in [0.2, 0.25) is 5.02 Å². The number of pyridine rings is 1. The fraction of sp³-hybridized carbons (Fsp3) is 0.258. The Morgan fingerprint density at radius 2 is 1.80 bits per heavy atom. The van der Waals surface area contributed by atoms with E-state index in [1.807, 2.05) is 60.9 Å². The van der Waals surface area contributed by atoms with E-state index in [1.165, 1.54) is 17.3 Å². The number of nitrogens with zero attached hydrogens (tertiary/aromatic N) is 6. The van der Waals surface area contributed by atoms with E-state index in [9.17, 15) is 4.79 Å². The van der Waals surface area contributed by atoms with Gasteiger partial charge in [-0.05, 0) is 54.0 Å². The molecule has 5 aromatic rings. The third-order valence-electron chi connectivity index (χ3n) is 8.44. The molecule has 2 aliphatic rings. The van der Waals surface area contributed by atoms with E-state index in [2.05, 4.69) is 25.9 Å². The van der Waals surface area contributed by atoms with Gasteiger partial charge < -0.3 is 10.6 Å². The topological polar surface area (TPSA) is 103 Å². The highest BCUT2D eigenvalue weighted by molar-refractivity contribution is 7.99. The Bertz CT molecular complexity index is 1790. The van der Waals surface area contributed by atoms with Crippen LogP contribution in [-0.4, -0.2) is 37.6 Å². The zero-order valence-electron chi connectivity index (χ0n) is 22.3. The normalized spacial score (nSPS) is 17.7. The number of hydrogen-bond donors (Lipinski definition) is 1. The predicted molar refractivity (Wildman–Crippen MR) is 161 cm³/mol. The zero-order chi connectivity index (χ0) is 28.0. The van der Waals surface area contributed by atoms with Gasteiger partial charge in [0.1, 0.15) is 10.8 Å². The minimum absolute atomic E-state index is 0.0302. The number of nitrogens with two attached hydrogens (primary N) is 1. The Hall–Kier alpha value is -3.79. The summed E-state index contributed by atoms with van der Waals surface area (Å²) in [7, 11) is 0. The van der Waals surface area contributed by atoms with Crippen LogP contribution in [0, 0.1) is 5.41 Å². The molecule has 41 heavy (non-hydrogen) atoms. The van der Waals surface area contributed by atoms with Crippen molar-refractivity contribution >= 4 is 40.1 Å². The summed E-state index contributed by atoms with van der Waals surface area (Å²) in [5, 5.41) is 1.49. The molecule has 1 saturated heterocycles. The van der Waals surface area contributed by atoms with Crippen molar-refractivity contribution in [2.24, 2.45) is 11.1 Å². The Morgan fingerprint density at radius 1 is 0.976 bits per heavy atom. The lowest BCUT2D eigenvalue weighted by Gasteiger charge is -2.42. The molecule has 8 nitrogen and oxygen atoms in total. The van der Waals surface area contributed by atoms with Crippen molar-refractivity contribution in [1.29, 1.82) is 0 Å². The summed E-state index contributed by atoms with van der Waals surface area (Å²) in [4.78, 5) is 34.8. The second-order valence-corrected chi connectivity index (χ2v) is 12.2. The molecule has 2 N–H and O–H groups in total. The minimum Gasteiger partial charge on any atom is -0.355 e. The lowest BCUT2D eigenvalue weighted by Crippen LogP contribution is -2.44. The number of anilines is 1. The van der Waals surface area contributed by atoms with E-state index in [0.29, 0.717) is 27.5 Å². The average molecular weight is 582 g/mol. The molecule has 0 radical (unpaired) electrons. The Labute approximate surface area is 246 Å². The van der Waals surface area contributed by atoms with E-state index in [-0.39, 0.29) is 17.0 Å². The van der Waals surface area contributed by atoms with E-state index < -0.39 is 0 Å². The average Bonchev–Trinajstić information content (AvgIpc) is 3.28. The number of fused-ring (bicyclic) bond motifs is 2. The van der Waals surface area contributed by atoms with Gasteiger partial charge in [0.15, 0.2) is 0 Å². The molecule has 4 heterocycles. The van der Waals surface area contributed by atoms with Crippen LogP contribution in [0.25, 0.3) is 10.9 Å². The SMILES string of the molecule is N[C@@H]1c2cccnc2CC12CCN(c1cnc(Sc3ccc4ncn(Cc5ccccc5)c(=O)c4c3Cl)cn1)CC2. The smallest absolute Gasteiger partial charge is 0.263 e. The van der Waals surface area contributed by atoms with Gasteiger partial charge in [0.25, 0.3) is 5.56 Å². The molecule has 1 fully saturated rings. The van der Waals surface area contributed by atoms with Gasteiger partial charge in [-0.2, -0.15) is 0 Å². The largest absolute Gasteiger partial charge is 0.355 e. The van der Waals surface area contributed by atoms with Gasteiger partial charge >= 0.3 is 0 Å². The van der Waals surface area contributed by atoms with Crippen LogP contribution in [0.3, 0.4) is 0 Å². The van der Waals surface area contributed by atoms with Crippen molar-refractivity contribution in [3.63, 3.8) is 0 Å². The van der Waals surface area contributed by atoms with E-state index >= 15 is 0 Å². The van der Waals surface area contributed by atoms with Crippen molar-refractivity contribution in [2.45, 2.75) is 41.8 Å². The maximum Gasteiger partial charge on any atom is 0.263 e. The van der Waals surface area contributed by atoms with Crippen LogP contribution >= 0.6 is 23.4 Å². The lowest BCUT2D eigenvalue weighted by atomic mass is 9.73. The molecule has 2 aromatic carbocycles. The van der Waals surface area contributed by atoms with Crippen molar-refractivity contribution in [3.05, 3.63) is 112 Å². The highest BCUT2D eigenvalue weighted by Gasteiger charge is 2.46. The molecule has 1 spiro atoms. The molecule has 206 valence electrons. The summed E-state index contributed by atoms with van der Waals surface area (Å²) in [6, 6.07) is 17.6. The molecule has 10 heteroatoms. The van der Waals surface area contributed by atoms with Gasteiger partial charge in [-0.25, -0.2) is 15.0 Å². The molecule has 1 aliphatic carbocycles. The van der Waals surface area contributed by atoms with Crippen molar-refractivity contribution < 1.29 is 0 Å². The standard InChI is InChI=1S/C31H28ClN7OS/c32-28-24(9-8-22-27(28)30(40)39(19-37-22)18-20-5-2-1-3-6-20)41-26-17-35-25(16-36-26)38-13-10-31(11-14-38)15-23-21(29(31)33)7-4-12-34-23/h1-9,12,16-17,19,29H,10-11,13-15,18,33H2/t29-/m1/s1. The summed E-state index contributed by atoms with van der Waals surface area (Å²) in [6.07, 6.45) is 9.94. The summed E-state index contributed by atoms with van der Waals surface area (Å²) in [5.41, 5.74) is 10.5. The van der Waals surface area contributed by atoms with E-state index in [1.54, 1.807) is 17.1 Å². The number of hydrogen-bond acceptors (Lipinski definition) is 8. The Balaban J connectivity index is 1.06. The van der Waals surface area contributed by atoms with E-state index in [4.69, 9.17) is 22.3 Å². The van der Waals surface area contributed by atoms with Crippen LogP contribution in [-0.2, 0) is 13.0 Å². The second kappa shape index (κ2) is 10.6. The first-order chi connectivity index (χ1) is 20.0. The monoisotopic (exact) mass is 581 g/mol. The molecular formula is C31H28ClN7OS. The van der Waals surface area contributed by atoms with Gasteiger partial charge in [0.2, 0.25) is 0 Å². The molecule has 0 saturated carbocycles. The second-order valence-electron chi connectivity index (χ2n) is 10.8. The summed E-state index contributed by atoms with van der Waals surface area (Å²) < 4.78 is 1.59. The summed E-state index contributed by atoms with van der Waals surface area (Å²) >= 11 is 8.17. The van der Waals surface area contributed by atoms with Gasteiger partial charge in [-0.1, -0.05) is 59.8 Å². The van der Waals surface area contributed by atoms with E-state index in [0.717, 1.165) is 54.3 Å². The Morgan fingerprint density at radius 3 is 2.56 bits per heavy atom. The van der Waals surface area contributed by atoms with Crippen LogP contribution in [0.1, 0.15) is 35.7 Å². The first-order valence-electron chi connectivity index (χ1n) is 13.7. The van der Waals surface area contributed by atoms with Gasteiger partial charge in [-0.3, -0.25) is 14.3 Å². The number of rotatable bonds is 5. The molecule has 3 aromatic heterocycles. The van der Waals surface area contributed by atoms with Gasteiger partial charge in [0.05, 0.1) is 41.2 Å². The first-order valence-corrected chi connectivity index (χ1v) is 14.9. The number of piperidine rings is 1. The fourth-order valence-corrected chi connectivity index (χ4v) is 7.24. The number of halogens is 1. The number of benzene rings is 2. The van der Waals surface area contributed by atoms with Crippen LogP contribution < -0.4 is 16.2 Å².